The summed E-state index contributed by atoms with van der Waals surface area (Å²) in [5, 5.41) is 12.1. The molecular weight excluding hydrogens is 575 g/mol. The van der Waals surface area contributed by atoms with E-state index in [0.717, 1.165) is 81.9 Å². The van der Waals surface area contributed by atoms with Crippen LogP contribution in [0.5, 0.6) is 0 Å². The highest BCUT2D eigenvalue weighted by Crippen LogP contribution is 2.33. The van der Waals surface area contributed by atoms with Crippen LogP contribution in [0.2, 0.25) is 0 Å². The van der Waals surface area contributed by atoms with Crippen LogP contribution in [0.1, 0.15) is 41.8 Å². The van der Waals surface area contributed by atoms with E-state index < -0.39 is 0 Å². The lowest BCUT2D eigenvalue weighted by atomic mass is 10.00. The van der Waals surface area contributed by atoms with Gasteiger partial charge < -0.3 is 20.1 Å². The number of likely N-dealkylation sites (N-methyl/N-ethyl adjacent to an activating group) is 1. The van der Waals surface area contributed by atoms with E-state index >= 15 is 0 Å². The van der Waals surface area contributed by atoms with Crippen LogP contribution in [-0.4, -0.2) is 81.8 Å². The summed E-state index contributed by atoms with van der Waals surface area (Å²) in [4.78, 5) is 17.7. The van der Waals surface area contributed by atoms with Crippen molar-refractivity contribution in [3.63, 3.8) is 0 Å². The second-order valence-corrected chi connectivity index (χ2v) is 12.4. The van der Waals surface area contributed by atoms with Crippen LogP contribution in [0.4, 0.5) is 10.1 Å². The summed E-state index contributed by atoms with van der Waals surface area (Å²) in [6.07, 6.45) is 12.3. The van der Waals surface area contributed by atoms with Crippen LogP contribution >= 0.6 is 0 Å². The summed E-state index contributed by atoms with van der Waals surface area (Å²) in [5.74, 6) is 0.324. The van der Waals surface area contributed by atoms with Gasteiger partial charge in [-0.15, -0.1) is 0 Å². The molecule has 46 heavy (non-hydrogen) atoms. The van der Waals surface area contributed by atoms with Gasteiger partial charge in [0.25, 0.3) is 0 Å². The fraction of sp³-hybridized carbons (Fsp3) is 0.324. The number of H-pyrrole nitrogens is 2. The van der Waals surface area contributed by atoms with E-state index in [1.807, 2.05) is 45.6 Å². The van der Waals surface area contributed by atoms with E-state index in [1.54, 1.807) is 6.08 Å². The summed E-state index contributed by atoms with van der Waals surface area (Å²) < 4.78 is 14.8. The first kappa shape index (κ1) is 31.4. The molecule has 0 spiro atoms. The largest absolute Gasteiger partial charge is 0.384 e. The zero-order chi connectivity index (χ0) is 32.0. The smallest absolute Gasteiger partial charge is 0.159 e. The molecule has 4 heterocycles. The Bertz CT molecular complexity index is 1840. The van der Waals surface area contributed by atoms with Crippen molar-refractivity contribution in [2.24, 2.45) is 0 Å². The Balaban J connectivity index is 1.27. The standard InChI is InChI=1S/C37H43FN8/c1-5-9-32(28-19-30(38)22-31(20-28)40-13-17-45(3)4)35-25(2)41-37(42-35)36-33-21-27(11-12-34(33)43-44-36)29-18-26(23-39-24-29)10-8-16-46-14-6-7-15-46/h5,9,11-12,18-24,40H,1,6-8,10,13-17H2,2-4H3,(H,41,42)(H,43,44)/b32-9-. The van der Waals surface area contributed by atoms with E-state index in [1.165, 1.54) is 43.6 Å². The number of aromatic nitrogens is 5. The average molecular weight is 619 g/mol. The summed E-state index contributed by atoms with van der Waals surface area (Å²) in [7, 11) is 4.02. The molecule has 1 fully saturated rings. The average Bonchev–Trinajstić information content (AvgIpc) is 3.80. The highest BCUT2D eigenvalue weighted by atomic mass is 19.1. The quantitative estimate of drug-likeness (QED) is 0.122. The van der Waals surface area contributed by atoms with Crippen molar-refractivity contribution in [1.29, 1.82) is 0 Å². The summed E-state index contributed by atoms with van der Waals surface area (Å²) in [6.45, 7) is 11.0. The van der Waals surface area contributed by atoms with Crippen molar-refractivity contribution < 1.29 is 4.39 Å². The van der Waals surface area contributed by atoms with Crippen LogP contribution < -0.4 is 5.32 Å². The Morgan fingerprint density at radius 3 is 2.74 bits per heavy atom. The lowest BCUT2D eigenvalue weighted by Crippen LogP contribution is -2.20. The number of pyridine rings is 1. The molecule has 9 heteroatoms. The Labute approximate surface area is 270 Å². The fourth-order valence-corrected chi connectivity index (χ4v) is 6.20. The normalized spacial score (nSPS) is 14.1. The molecule has 0 saturated carbocycles. The van der Waals surface area contributed by atoms with Crippen molar-refractivity contribution in [3.8, 4) is 22.6 Å². The molecule has 0 radical (unpaired) electrons. The number of aryl methyl sites for hydroxylation is 2. The van der Waals surface area contributed by atoms with Crippen LogP contribution in [0.3, 0.4) is 0 Å². The second kappa shape index (κ2) is 14.2. The van der Waals surface area contributed by atoms with Crippen molar-refractivity contribution in [2.45, 2.75) is 32.6 Å². The van der Waals surface area contributed by atoms with Crippen LogP contribution in [0.25, 0.3) is 39.1 Å². The summed E-state index contributed by atoms with van der Waals surface area (Å²) in [5.41, 5.74) is 8.85. The minimum Gasteiger partial charge on any atom is -0.384 e. The molecule has 5 aromatic rings. The number of halogens is 1. The highest BCUT2D eigenvalue weighted by molar-refractivity contribution is 5.95. The molecule has 0 aliphatic carbocycles. The van der Waals surface area contributed by atoms with E-state index in [2.05, 4.69) is 66.1 Å². The zero-order valence-corrected chi connectivity index (χ0v) is 27.0. The van der Waals surface area contributed by atoms with E-state index in [0.29, 0.717) is 12.4 Å². The monoisotopic (exact) mass is 618 g/mol. The SMILES string of the molecule is C=C/C=C(/c1cc(F)cc(NCCN(C)C)c1)c1nc(-c2n[nH]c3ccc(-c4cncc(CCCN5CCCC5)c4)cc23)[nH]c1C. The molecule has 3 aromatic heterocycles. The van der Waals surface area contributed by atoms with E-state index in [4.69, 9.17) is 4.98 Å². The lowest BCUT2D eigenvalue weighted by molar-refractivity contribution is 0.334. The number of hydrogen-bond acceptors (Lipinski definition) is 6. The summed E-state index contributed by atoms with van der Waals surface area (Å²) >= 11 is 0. The van der Waals surface area contributed by atoms with Crippen LogP contribution in [0.15, 0.2) is 73.6 Å². The van der Waals surface area contributed by atoms with Crippen molar-refractivity contribution in [3.05, 3.63) is 102 Å². The van der Waals surface area contributed by atoms with Gasteiger partial charge in [0.2, 0.25) is 0 Å². The third kappa shape index (κ3) is 7.27. The van der Waals surface area contributed by atoms with Gasteiger partial charge in [0, 0.05) is 53.4 Å². The number of likely N-dealkylation sites (tertiary alicyclic amines) is 1. The van der Waals surface area contributed by atoms with Crippen molar-refractivity contribution >= 4 is 22.2 Å². The molecule has 3 N–H and O–H groups in total. The number of imidazole rings is 1. The first-order valence-corrected chi connectivity index (χ1v) is 16.1. The van der Waals surface area contributed by atoms with Gasteiger partial charge in [0.1, 0.15) is 11.5 Å². The molecule has 6 rings (SSSR count). The molecule has 0 amide bonds. The van der Waals surface area contributed by atoms with Gasteiger partial charge in [-0.05, 0) is 119 Å². The second-order valence-electron chi connectivity index (χ2n) is 12.4. The molecule has 1 aliphatic heterocycles. The molecular formula is C37H43FN8. The Morgan fingerprint density at radius 1 is 1.09 bits per heavy atom. The highest BCUT2D eigenvalue weighted by Gasteiger charge is 2.19. The number of nitrogens with zero attached hydrogens (tertiary/aromatic N) is 5. The molecule has 0 bridgehead atoms. The van der Waals surface area contributed by atoms with Gasteiger partial charge in [-0.3, -0.25) is 10.1 Å². The molecule has 2 aromatic carbocycles. The maximum atomic E-state index is 14.8. The number of aromatic amines is 2. The third-order valence-corrected chi connectivity index (χ3v) is 8.58. The number of fused-ring (bicyclic) bond motifs is 1. The van der Waals surface area contributed by atoms with E-state index in [-0.39, 0.29) is 5.82 Å². The summed E-state index contributed by atoms with van der Waals surface area (Å²) in [6, 6.07) is 13.6. The number of rotatable bonds is 13. The molecule has 1 aliphatic rings. The topological polar surface area (TPSA) is 88.8 Å². The van der Waals surface area contributed by atoms with Crippen LogP contribution in [0, 0.1) is 12.7 Å². The van der Waals surface area contributed by atoms with E-state index in [9.17, 15) is 4.39 Å². The molecule has 1 saturated heterocycles. The molecule has 0 atom stereocenters. The van der Waals surface area contributed by atoms with Crippen molar-refractivity contribution in [1.82, 2.24) is 34.9 Å². The first-order chi connectivity index (χ1) is 22.4. The van der Waals surface area contributed by atoms with Gasteiger partial charge in [-0.25, -0.2) is 9.37 Å². The Morgan fingerprint density at radius 2 is 1.93 bits per heavy atom. The predicted octanol–water partition coefficient (Wildman–Crippen LogP) is 7.08. The minimum atomic E-state index is -0.316. The molecule has 238 valence electrons. The first-order valence-electron chi connectivity index (χ1n) is 16.1. The number of allylic oxidation sites excluding steroid dienone is 2. The molecule has 8 nitrogen and oxygen atoms in total. The molecule has 0 unspecified atom stereocenters. The number of benzene rings is 2. The number of anilines is 1. The zero-order valence-electron chi connectivity index (χ0n) is 27.0. The van der Waals surface area contributed by atoms with Crippen molar-refractivity contribution in [2.75, 3.05) is 52.1 Å². The lowest BCUT2D eigenvalue weighted by Gasteiger charge is -2.14. The van der Waals surface area contributed by atoms with Gasteiger partial charge in [-0.2, -0.15) is 5.10 Å². The van der Waals surface area contributed by atoms with Gasteiger partial charge >= 0.3 is 0 Å². The van der Waals surface area contributed by atoms with Gasteiger partial charge in [-0.1, -0.05) is 24.8 Å². The fourth-order valence-electron chi connectivity index (χ4n) is 6.20. The third-order valence-electron chi connectivity index (χ3n) is 8.58. The maximum Gasteiger partial charge on any atom is 0.159 e. The van der Waals surface area contributed by atoms with Gasteiger partial charge in [0.15, 0.2) is 5.82 Å². The van der Waals surface area contributed by atoms with Gasteiger partial charge in [0.05, 0.1) is 11.2 Å². The number of hydrogen-bond donors (Lipinski definition) is 3. The minimum absolute atomic E-state index is 0.316. The Kier molecular flexibility index (Phi) is 9.71. The number of nitrogens with one attached hydrogen (secondary N) is 3. The Hall–Kier alpha value is -4.60. The predicted molar refractivity (Wildman–Crippen MR) is 186 cm³/mol. The van der Waals surface area contributed by atoms with Crippen LogP contribution in [-0.2, 0) is 6.42 Å². The maximum absolute atomic E-state index is 14.8.